The van der Waals surface area contributed by atoms with E-state index in [1.54, 1.807) is 0 Å². The van der Waals surface area contributed by atoms with Gasteiger partial charge >= 0.3 is 6.09 Å². The lowest BCUT2D eigenvalue weighted by Crippen LogP contribution is -2.54. The van der Waals surface area contributed by atoms with E-state index >= 15 is 0 Å². The van der Waals surface area contributed by atoms with Crippen molar-refractivity contribution in [2.24, 2.45) is 5.92 Å². The van der Waals surface area contributed by atoms with Gasteiger partial charge in [-0.25, -0.2) is 4.79 Å². The zero-order valence-corrected chi connectivity index (χ0v) is 20.8. The zero-order chi connectivity index (χ0) is 24.4. The normalized spacial score (nSPS) is 29.1. The van der Waals surface area contributed by atoms with Crippen molar-refractivity contribution in [3.8, 4) is 0 Å². The number of carbonyl (C=O) groups excluding carboxylic acids is 2. The van der Waals surface area contributed by atoms with E-state index in [9.17, 15) is 9.59 Å². The molecule has 6 rings (SSSR count). The Kier molecular flexibility index (Phi) is 5.05. The van der Waals surface area contributed by atoms with Gasteiger partial charge in [-0.2, -0.15) is 0 Å². The Morgan fingerprint density at radius 1 is 1.00 bits per heavy atom. The lowest BCUT2D eigenvalue weighted by Gasteiger charge is -2.52. The van der Waals surface area contributed by atoms with E-state index in [0.717, 1.165) is 30.4 Å². The summed E-state index contributed by atoms with van der Waals surface area (Å²) < 4.78 is 12.3. The lowest BCUT2D eigenvalue weighted by atomic mass is 9.59. The van der Waals surface area contributed by atoms with E-state index in [1.807, 2.05) is 43.9 Å². The second kappa shape index (κ2) is 7.82. The molecule has 3 saturated heterocycles. The van der Waals surface area contributed by atoms with Gasteiger partial charge in [0.15, 0.2) is 5.72 Å². The second-order valence-electron chi connectivity index (χ2n) is 11.6. The standard InChI is InChI=1S/C29H34N2O4/c1-27(2,3)35-26(33)30-15-13-28(14-16-30)18-21-17-25(32)31-24(20-9-5-4-6-10-20)19-34-29(21,31)23-12-8-7-11-22(23)28/h4-12,21,24H,13-19H2,1-3H3/t21-,24-,29+/m0/s1. The molecule has 184 valence electrons. The molecule has 3 aliphatic heterocycles. The van der Waals surface area contributed by atoms with Gasteiger partial charge in [0, 0.05) is 31.0 Å². The Bertz CT molecular complexity index is 1150. The number of nitrogens with zero attached hydrogens (tertiary/aromatic N) is 2. The Hall–Kier alpha value is -2.86. The fourth-order valence-electron chi connectivity index (χ4n) is 7.02. The van der Waals surface area contributed by atoms with Crippen LogP contribution < -0.4 is 0 Å². The maximum absolute atomic E-state index is 13.5. The van der Waals surface area contributed by atoms with Crippen molar-refractivity contribution in [1.29, 1.82) is 0 Å². The molecule has 0 bridgehead atoms. The number of hydrogen-bond donors (Lipinski definition) is 0. The SMILES string of the molecule is CC(C)(C)OC(=O)N1CCC2(CC1)C[C@@H]1CC(=O)N3[C@H](c4ccccc4)CO[C@@]13c1ccccc12. The Balaban J connectivity index is 1.34. The molecule has 4 aliphatic rings. The Labute approximate surface area is 207 Å². The highest BCUT2D eigenvalue weighted by molar-refractivity contribution is 5.82. The predicted molar refractivity (Wildman–Crippen MR) is 132 cm³/mol. The van der Waals surface area contributed by atoms with Gasteiger partial charge < -0.3 is 19.3 Å². The first-order chi connectivity index (χ1) is 16.7. The van der Waals surface area contributed by atoms with Gasteiger partial charge in [0.1, 0.15) is 5.60 Å². The van der Waals surface area contributed by atoms with Gasteiger partial charge in [0.05, 0.1) is 12.6 Å². The number of carbonyl (C=O) groups is 2. The van der Waals surface area contributed by atoms with Crippen molar-refractivity contribution in [2.75, 3.05) is 19.7 Å². The maximum atomic E-state index is 13.5. The van der Waals surface area contributed by atoms with Crippen LogP contribution in [0.15, 0.2) is 54.6 Å². The van der Waals surface area contributed by atoms with Crippen molar-refractivity contribution in [3.63, 3.8) is 0 Å². The summed E-state index contributed by atoms with van der Waals surface area (Å²) in [7, 11) is 0. The van der Waals surface area contributed by atoms with Crippen molar-refractivity contribution < 1.29 is 19.1 Å². The van der Waals surface area contributed by atoms with Crippen molar-refractivity contribution >= 4 is 12.0 Å². The highest BCUT2D eigenvalue weighted by Gasteiger charge is 2.66. The number of hydrogen-bond acceptors (Lipinski definition) is 4. The number of fused-ring (bicyclic) bond motifs is 2. The summed E-state index contributed by atoms with van der Waals surface area (Å²) >= 11 is 0. The van der Waals surface area contributed by atoms with Gasteiger partial charge in [0.2, 0.25) is 5.91 Å². The molecule has 0 saturated carbocycles. The smallest absolute Gasteiger partial charge is 0.410 e. The zero-order valence-electron chi connectivity index (χ0n) is 20.8. The molecule has 0 radical (unpaired) electrons. The minimum Gasteiger partial charge on any atom is -0.444 e. The third kappa shape index (κ3) is 3.40. The van der Waals surface area contributed by atoms with Crippen LogP contribution in [0, 0.1) is 5.92 Å². The molecular formula is C29H34N2O4. The highest BCUT2D eigenvalue weighted by Crippen LogP contribution is 2.62. The summed E-state index contributed by atoms with van der Waals surface area (Å²) in [5, 5.41) is 0. The number of ether oxygens (including phenoxy) is 2. The monoisotopic (exact) mass is 474 g/mol. The molecule has 3 heterocycles. The van der Waals surface area contributed by atoms with E-state index in [1.165, 1.54) is 5.56 Å². The first-order valence-corrected chi connectivity index (χ1v) is 12.8. The minimum absolute atomic E-state index is 0.0600. The average Bonchev–Trinajstić information content (AvgIpc) is 3.36. The average molecular weight is 475 g/mol. The van der Waals surface area contributed by atoms with Crippen LogP contribution in [-0.4, -0.2) is 47.1 Å². The molecule has 2 amide bonds. The first-order valence-electron chi connectivity index (χ1n) is 12.8. The molecule has 3 fully saturated rings. The van der Waals surface area contributed by atoms with Crippen LogP contribution in [0.3, 0.4) is 0 Å². The number of benzene rings is 2. The molecule has 0 N–H and O–H groups in total. The summed E-state index contributed by atoms with van der Waals surface area (Å²) in [4.78, 5) is 30.1. The predicted octanol–water partition coefficient (Wildman–Crippen LogP) is 5.13. The number of piperidine rings is 1. The van der Waals surface area contributed by atoms with Gasteiger partial charge in [0.25, 0.3) is 0 Å². The van der Waals surface area contributed by atoms with Crippen LogP contribution in [0.1, 0.15) is 69.2 Å². The second-order valence-corrected chi connectivity index (χ2v) is 11.6. The molecule has 0 aromatic heterocycles. The number of amides is 2. The third-order valence-corrected chi connectivity index (χ3v) is 8.45. The molecular weight excluding hydrogens is 440 g/mol. The van der Waals surface area contributed by atoms with Crippen molar-refractivity contribution in [1.82, 2.24) is 9.80 Å². The van der Waals surface area contributed by atoms with Crippen molar-refractivity contribution in [3.05, 3.63) is 71.3 Å². The molecule has 3 atom stereocenters. The molecule has 2 aromatic carbocycles. The van der Waals surface area contributed by atoms with Crippen LogP contribution in [0.2, 0.25) is 0 Å². The molecule has 6 nitrogen and oxygen atoms in total. The number of likely N-dealkylation sites (tertiary alicyclic amines) is 1. The quantitative estimate of drug-likeness (QED) is 0.575. The molecule has 6 heteroatoms. The van der Waals surface area contributed by atoms with Gasteiger partial charge in [-0.05, 0) is 56.6 Å². The van der Waals surface area contributed by atoms with Crippen LogP contribution in [0.4, 0.5) is 4.79 Å². The topological polar surface area (TPSA) is 59.1 Å². The lowest BCUT2D eigenvalue weighted by molar-refractivity contribution is -0.148. The molecule has 2 aromatic rings. The summed E-state index contributed by atoms with van der Waals surface area (Å²) in [5.41, 5.74) is 2.30. The highest BCUT2D eigenvalue weighted by atomic mass is 16.6. The van der Waals surface area contributed by atoms with Crippen molar-refractivity contribution in [2.45, 2.75) is 69.2 Å². The van der Waals surface area contributed by atoms with Crippen LogP contribution >= 0.6 is 0 Å². The van der Waals surface area contributed by atoms with E-state index in [-0.39, 0.29) is 29.4 Å². The van der Waals surface area contributed by atoms with E-state index in [4.69, 9.17) is 9.47 Å². The van der Waals surface area contributed by atoms with E-state index in [2.05, 4.69) is 41.3 Å². The molecule has 0 unspecified atom stereocenters. The molecule has 1 aliphatic carbocycles. The summed E-state index contributed by atoms with van der Waals surface area (Å²) in [6, 6.07) is 18.7. The fraction of sp³-hybridized carbons (Fsp3) is 0.517. The minimum atomic E-state index is -0.693. The van der Waals surface area contributed by atoms with Crippen LogP contribution in [0.5, 0.6) is 0 Å². The van der Waals surface area contributed by atoms with Gasteiger partial charge in [-0.15, -0.1) is 0 Å². The van der Waals surface area contributed by atoms with E-state index < -0.39 is 11.3 Å². The summed E-state index contributed by atoms with van der Waals surface area (Å²) in [5.74, 6) is 0.283. The van der Waals surface area contributed by atoms with E-state index in [0.29, 0.717) is 26.1 Å². The molecule has 35 heavy (non-hydrogen) atoms. The van der Waals surface area contributed by atoms with Crippen LogP contribution in [0.25, 0.3) is 0 Å². The van der Waals surface area contributed by atoms with Gasteiger partial charge in [-0.3, -0.25) is 4.79 Å². The molecule has 2 spiro atoms. The first kappa shape index (κ1) is 22.6. The fourth-order valence-corrected chi connectivity index (χ4v) is 7.02. The third-order valence-electron chi connectivity index (χ3n) is 8.45. The Morgan fingerprint density at radius 3 is 2.34 bits per heavy atom. The van der Waals surface area contributed by atoms with Gasteiger partial charge in [-0.1, -0.05) is 54.6 Å². The van der Waals surface area contributed by atoms with Crippen LogP contribution in [-0.2, 0) is 25.4 Å². The Morgan fingerprint density at radius 2 is 1.66 bits per heavy atom. The largest absolute Gasteiger partial charge is 0.444 e. The summed E-state index contributed by atoms with van der Waals surface area (Å²) in [6.07, 6.45) is 2.91. The summed E-state index contributed by atoms with van der Waals surface area (Å²) in [6.45, 7) is 7.54. The maximum Gasteiger partial charge on any atom is 0.410 e. The number of rotatable bonds is 1.